The van der Waals surface area contributed by atoms with Crippen LogP contribution in [0.15, 0.2) is 24.3 Å². The number of nitrogens with one attached hydrogen (secondary N) is 1. The largest absolute Gasteiger partial charge is 0.416 e. The Morgan fingerprint density at radius 3 is 2.57 bits per heavy atom. The van der Waals surface area contributed by atoms with Crippen LogP contribution < -0.4 is 11.1 Å². The van der Waals surface area contributed by atoms with Gasteiger partial charge >= 0.3 is 6.18 Å². The lowest BCUT2D eigenvalue weighted by Crippen LogP contribution is -2.46. The van der Waals surface area contributed by atoms with Crippen LogP contribution in [0.1, 0.15) is 44.2 Å². The molecular weight excluding hydrogens is 305 g/mol. The maximum absolute atomic E-state index is 12.8. The summed E-state index contributed by atoms with van der Waals surface area (Å²) in [6.07, 6.45) is -2.01. The van der Waals surface area contributed by atoms with Crippen LogP contribution in [0.2, 0.25) is 0 Å². The SMILES string of the molecule is CCC(C)C(N)C(=O)NCC1(c2cccc(C(F)(F)F)c2)CC1. The van der Waals surface area contributed by atoms with Crippen molar-refractivity contribution in [2.75, 3.05) is 6.54 Å². The molecule has 2 rings (SSSR count). The van der Waals surface area contributed by atoms with Crippen molar-refractivity contribution in [3.63, 3.8) is 0 Å². The van der Waals surface area contributed by atoms with Gasteiger partial charge in [0.2, 0.25) is 5.91 Å². The van der Waals surface area contributed by atoms with E-state index in [1.807, 2.05) is 13.8 Å². The van der Waals surface area contributed by atoms with E-state index < -0.39 is 17.8 Å². The Morgan fingerprint density at radius 2 is 2.04 bits per heavy atom. The van der Waals surface area contributed by atoms with Crippen LogP contribution in [0.4, 0.5) is 13.2 Å². The molecule has 1 amide bonds. The summed E-state index contributed by atoms with van der Waals surface area (Å²) in [5.41, 5.74) is 5.48. The highest BCUT2D eigenvalue weighted by atomic mass is 19.4. The summed E-state index contributed by atoms with van der Waals surface area (Å²) in [4.78, 5) is 12.1. The average Bonchev–Trinajstić information content (AvgIpc) is 3.31. The second kappa shape index (κ2) is 6.51. The Kier molecular flexibility index (Phi) is 5.04. The third-order valence-corrected chi connectivity index (χ3v) is 4.82. The van der Waals surface area contributed by atoms with Gasteiger partial charge in [0.1, 0.15) is 0 Å². The van der Waals surface area contributed by atoms with Gasteiger partial charge in [-0.2, -0.15) is 13.2 Å². The van der Waals surface area contributed by atoms with Crippen LogP contribution in [0.3, 0.4) is 0 Å². The Balaban J connectivity index is 2.05. The number of rotatable bonds is 6. The van der Waals surface area contributed by atoms with Gasteiger partial charge in [-0.3, -0.25) is 4.79 Å². The molecule has 0 saturated heterocycles. The quantitative estimate of drug-likeness (QED) is 0.842. The summed E-state index contributed by atoms with van der Waals surface area (Å²) in [6, 6.07) is 4.79. The van der Waals surface area contributed by atoms with Crippen LogP contribution in [0, 0.1) is 5.92 Å². The Labute approximate surface area is 134 Å². The van der Waals surface area contributed by atoms with Crippen molar-refractivity contribution >= 4 is 5.91 Å². The Morgan fingerprint density at radius 1 is 1.39 bits per heavy atom. The van der Waals surface area contributed by atoms with Crippen LogP contribution >= 0.6 is 0 Å². The predicted octanol–water partition coefficient (Wildman–Crippen LogP) is 3.23. The fourth-order valence-corrected chi connectivity index (χ4v) is 2.63. The molecular formula is C17H23F3N2O. The summed E-state index contributed by atoms with van der Waals surface area (Å²) in [7, 11) is 0. The van der Waals surface area contributed by atoms with Gasteiger partial charge < -0.3 is 11.1 Å². The molecule has 1 aromatic carbocycles. The molecule has 0 heterocycles. The number of alkyl halides is 3. The molecule has 2 unspecified atom stereocenters. The smallest absolute Gasteiger partial charge is 0.354 e. The summed E-state index contributed by atoms with van der Waals surface area (Å²) >= 11 is 0. The highest BCUT2D eigenvalue weighted by Gasteiger charge is 2.45. The Hall–Kier alpha value is -1.56. The van der Waals surface area contributed by atoms with Gasteiger partial charge in [0.15, 0.2) is 0 Å². The molecule has 2 atom stereocenters. The minimum atomic E-state index is -4.35. The summed E-state index contributed by atoms with van der Waals surface area (Å²) in [5.74, 6) is -0.170. The van der Waals surface area contributed by atoms with Crippen LogP contribution in [0.25, 0.3) is 0 Å². The summed E-state index contributed by atoms with van der Waals surface area (Å²) in [5, 5.41) is 2.81. The first-order chi connectivity index (χ1) is 10.7. The lowest BCUT2D eigenvalue weighted by Gasteiger charge is -2.22. The zero-order chi connectivity index (χ0) is 17.3. The average molecular weight is 328 g/mol. The first-order valence-electron chi connectivity index (χ1n) is 7.90. The van der Waals surface area contributed by atoms with Crippen molar-refractivity contribution in [1.82, 2.24) is 5.32 Å². The van der Waals surface area contributed by atoms with Gasteiger partial charge in [-0.1, -0.05) is 38.5 Å². The van der Waals surface area contributed by atoms with Gasteiger partial charge in [-0.15, -0.1) is 0 Å². The molecule has 1 aliphatic rings. The molecule has 128 valence electrons. The molecule has 0 radical (unpaired) electrons. The minimum absolute atomic E-state index is 0.0683. The minimum Gasteiger partial charge on any atom is -0.354 e. The second-order valence-corrected chi connectivity index (χ2v) is 6.49. The highest BCUT2D eigenvalue weighted by Crippen LogP contribution is 2.48. The topological polar surface area (TPSA) is 55.1 Å². The van der Waals surface area contributed by atoms with Gasteiger partial charge in [0.25, 0.3) is 0 Å². The van der Waals surface area contributed by atoms with Crippen molar-refractivity contribution in [2.45, 2.75) is 50.7 Å². The number of carbonyl (C=O) groups excluding carboxylic acids is 1. The van der Waals surface area contributed by atoms with E-state index in [4.69, 9.17) is 5.73 Å². The zero-order valence-corrected chi connectivity index (χ0v) is 13.4. The zero-order valence-electron chi connectivity index (χ0n) is 13.4. The van der Waals surface area contributed by atoms with Crippen molar-refractivity contribution < 1.29 is 18.0 Å². The van der Waals surface area contributed by atoms with Crippen LogP contribution in [-0.4, -0.2) is 18.5 Å². The van der Waals surface area contributed by atoms with Gasteiger partial charge in [0.05, 0.1) is 11.6 Å². The molecule has 1 aromatic rings. The van der Waals surface area contributed by atoms with Crippen molar-refractivity contribution in [2.24, 2.45) is 11.7 Å². The monoisotopic (exact) mass is 328 g/mol. The number of hydrogen-bond acceptors (Lipinski definition) is 2. The molecule has 1 saturated carbocycles. The lowest BCUT2D eigenvalue weighted by molar-refractivity contribution is -0.137. The molecule has 0 aliphatic heterocycles. The number of amides is 1. The maximum atomic E-state index is 12.8. The molecule has 3 N–H and O–H groups in total. The number of hydrogen-bond donors (Lipinski definition) is 2. The molecule has 0 spiro atoms. The van der Waals surface area contributed by atoms with Crippen molar-refractivity contribution in [1.29, 1.82) is 0 Å². The maximum Gasteiger partial charge on any atom is 0.416 e. The van der Waals surface area contributed by atoms with E-state index >= 15 is 0 Å². The van der Waals surface area contributed by atoms with Crippen molar-refractivity contribution in [3.05, 3.63) is 35.4 Å². The first-order valence-corrected chi connectivity index (χ1v) is 7.90. The predicted molar refractivity (Wildman–Crippen MR) is 82.8 cm³/mol. The Bertz CT molecular complexity index is 567. The first kappa shape index (κ1) is 17.8. The van der Waals surface area contributed by atoms with Crippen LogP contribution in [-0.2, 0) is 16.4 Å². The van der Waals surface area contributed by atoms with Gasteiger partial charge in [-0.25, -0.2) is 0 Å². The van der Waals surface area contributed by atoms with Crippen molar-refractivity contribution in [3.8, 4) is 0 Å². The van der Waals surface area contributed by atoms with E-state index in [1.165, 1.54) is 12.1 Å². The van der Waals surface area contributed by atoms with Gasteiger partial charge in [0, 0.05) is 12.0 Å². The van der Waals surface area contributed by atoms with E-state index in [2.05, 4.69) is 5.32 Å². The number of benzene rings is 1. The molecule has 3 nitrogen and oxygen atoms in total. The highest BCUT2D eigenvalue weighted by molar-refractivity contribution is 5.81. The molecule has 1 aliphatic carbocycles. The summed E-state index contributed by atoms with van der Waals surface area (Å²) < 4.78 is 38.5. The van der Waals surface area contributed by atoms with Crippen LogP contribution in [0.5, 0.6) is 0 Å². The second-order valence-electron chi connectivity index (χ2n) is 6.49. The fourth-order valence-electron chi connectivity index (χ4n) is 2.63. The number of halogens is 3. The fraction of sp³-hybridized carbons (Fsp3) is 0.588. The molecule has 0 bridgehead atoms. The molecule has 1 fully saturated rings. The van der Waals surface area contributed by atoms with E-state index in [0.29, 0.717) is 12.1 Å². The third-order valence-electron chi connectivity index (χ3n) is 4.82. The molecule has 6 heteroatoms. The number of nitrogens with two attached hydrogens (primary N) is 1. The van der Waals surface area contributed by atoms with E-state index in [0.717, 1.165) is 25.3 Å². The normalized spacial score (nSPS) is 19.0. The van der Waals surface area contributed by atoms with E-state index in [1.54, 1.807) is 6.07 Å². The molecule has 23 heavy (non-hydrogen) atoms. The van der Waals surface area contributed by atoms with E-state index in [9.17, 15) is 18.0 Å². The van der Waals surface area contributed by atoms with E-state index in [-0.39, 0.29) is 17.2 Å². The number of carbonyl (C=O) groups is 1. The third kappa shape index (κ3) is 4.05. The lowest BCUT2D eigenvalue weighted by atomic mass is 9.93. The summed E-state index contributed by atoms with van der Waals surface area (Å²) in [6.45, 7) is 4.20. The molecule has 0 aromatic heterocycles. The van der Waals surface area contributed by atoms with Gasteiger partial charge in [-0.05, 0) is 30.4 Å². The standard InChI is InChI=1S/C17H23F3N2O/c1-3-11(2)14(21)15(23)22-10-16(7-8-16)12-5-4-6-13(9-12)17(18,19)20/h4-6,9,11,14H,3,7-8,10,21H2,1-2H3,(H,22,23).